The summed E-state index contributed by atoms with van der Waals surface area (Å²) in [5.74, 6) is -0.0447. The van der Waals surface area contributed by atoms with Gasteiger partial charge in [-0.05, 0) is 43.7 Å². The minimum atomic E-state index is -0.390. The zero-order valence-electron chi connectivity index (χ0n) is 15.6. The molecule has 0 fully saturated rings. The first kappa shape index (κ1) is 19.5. The summed E-state index contributed by atoms with van der Waals surface area (Å²) in [5.41, 5.74) is 1.87. The molecule has 0 unspecified atom stereocenters. The fourth-order valence-corrected chi connectivity index (χ4v) is 4.05. The molecule has 0 radical (unpaired) electrons. The maximum absolute atomic E-state index is 13.3. The largest absolute Gasteiger partial charge is 0.348 e. The number of hydrogen-bond acceptors (Lipinski definition) is 4. The van der Waals surface area contributed by atoms with E-state index < -0.39 is 0 Å². The SMILES string of the molecule is Cc1c(Cl)cccc1-n1c(S[C@@H](C)C(=O)N(C)C)nc2ccccc2c1=O. The zero-order chi connectivity index (χ0) is 19.7. The Balaban J connectivity index is 2.26. The molecule has 0 saturated heterocycles. The molecular formula is C20H20ClN3O2S. The van der Waals surface area contributed by atoms with Gasteiger partial charge in [0.2, 0.25) is 5.91 Å². The topological polar surface area (TPSA) is 55.2 Å². The monoisotopic (exact) mass is 401 g/mol. The van der Waals surface area contributed by atoms with Crippen LogP contribution in [0.3, 0.4) is 0 Å². The maximum Gasteiger partial charge on any atom is 0.266 e. The minimum Gasteiger partial charge on any atom is -0.348 e. The Morgan fingerprint density at radius 3 is 2.59 bits per heavy atom. The summed E-state index contributed by atoms with van der Waals surface area (Å²) >= 11 is 7.54. The number of benzene rings is 2. The van der Waals surface area contributed by atoms with Gasteiger partial charge in [0, 0.05) is 19.1 Å². The van der Waals surface area contributed by atoms with Gasteiger partial charge in [0.25, 0.3) is 5.56 Å². The van der Waals surface area contributed by atoms with Gasteiger partial charge >= 0.3 is 0 Å². The number of carbonyl (C=O) groups excluding carboxylic acids is 1. The van der Waals surface area contributed by atoms with E-state index in [1.807, 2.05) is 32.0 Å². The number of amides is 1. The van der Waals surface area contributed by atoms with Crippen LogP contribution < -0.4 is 5.56 Å². The van der Waals surface area contributed by atoms with Crippen LogP contribution in [-0.4, -0.2) is 39.7 Å². The molecule has 140 valence electrons. The van der Waals surface area contributed by atoms with Crippen LogP contribution >= 0.6 is 23.4 Å². The number of rotatable bonds is 4. The number of halogens is 1. The third-order valence-corrected chi connectivity index (χ3v) is 5.74. The molecular weight excluding hydrogens is 382 g/mol. The highest BCUT2D eigenvalue weighted by molar-refractivity contribution is 8.00. The molecule has 0 aliphatic heterocycles. The molecule has 0 spiro atoms. The molecule has 0 saturated carbocycles. The van der Waals surface area contributed by atoms with Crippen LogP contribution in [-0.2, 0) is 4.79 Å². The molecule has 1 amide bonds. The van der Waals surface area contributed by atoms with Crippen molar-refractivity contribution < 1.29 is 4.79 Å². The van der Waals surface area contributed by atoms with E-state index in [4.69, 9.17) is 11.6 Å². The molecule has 1 heterocycles. The van der Waals surface area contributed by atoms with Crippen LogP contribution in [0.25, 0.3) is 16.6 Å². The average Bonchev–Trinajstić information content (AvgIpc) is 2.64. The Hall–Kier alpha value is -2.31. The minimum absolute atomic E-state index is 0.0447. The summed E-state index contributed by atoms with van der Waals surface area (Å²) in [4.78, 5) is 31.8. The summed E-state index contributed by atoms with van der Waals surface area (Å²) in [6, 6.07) is 12.6. The molecule has 3 rings (SSSR count). The predicted molar refractivity (Wildman–Crippen MR) is 111 cm³/mol. The van der Waals surface area contributed by atoms with Gasteiger partial charge < -0.3 is 4.90 Å². The molecule has 0 N–H and O–H groups in total. The van der Waals surface area contributed by atoms with Crippen molar-refractivity contribution in [3.05, 3.63) is 63.4 Å². The molecule has 0 bridgehead atoms. The lowest BCUT2D eigenvalue weighted by atomic mass is 10.2. The van der Waals surface area contributed by atoms with Crippen molar-refractivity contribution in [2.45, 2.75) is 24.3 Å². The fourth-order valence-electron chi connectivity index (χ4n) is 2.81. The van der Waals surface area contributed by atoms with E-state index in [0.29, 0.717) is 26.8 Å². The second-order valence-electron chi connectivity index (χ2n) is 6.43. The number of carbonyl (C=O) groups is 1. The number of hydrogen-bond donors (Lipinski definition) is 0. The number of aromatic nitrogens is 2. The Morgan fingerprint density at radius 1 is 1.19 bits per heavy atom. The Labute approximate surface area is 167 Å². The second kappa shape index (κ2) is 7.74. The molecule has 0 aliphatic rings. The van der Waals surface area contributed by atoms with Crippen molar-refractivity contribution in [1.29, 1.82) is 0 Å². The third kappa shape index (κ3) is 3.73. The van der Waals surface area contributed by atoms with E-state index in [2.05, 4.69) is 4.98 Å². The van der Waals surface area contributed by atoms with Crippen LogP contribution in [0.15, 0.2) is 52.4 Å². The summed E-state index contributed by atoms with van der Waals surface area (Å²) < 4.78 is 1.55. The number of fused-ring (bicyclic) bond motifs is 1. The Morgan fingerprint density at radius 2 is 1.89 bits per heavy atom. The van der Waals surface area contributed by atoms with E-state index >= 15 is 0 Å². The first-order chi connectivity index (χ1) is 12.8. The fraction of sp³-hybridized carbons (Fsp3) is 0.250. The first-order valence-corrected chi connectivity index (χ1v) is 9.72. The number of para-hydroxylation sites is 1. The van der Waals surface area contributed by atoms with Gasteiger partial charge in [-0.3, -0.25) is 14.2 Å². The van der Waals surface area contributed by atoms with Gasteiger partial charge in [-0.15, -0.1) is 0 Å². The van der Waals surface area contributed by atoms with Crippen LogP contribution in [0, 0.1) is 6.92 Å². The highest BCUT2D eigenvalue weighted by Crippen LogP contribution is 2.28. The molecule has 7 heteroatoms. The van der Waals surface area contributed by atoms with Gasteiger partial charge in [0.05, 0.1) is 21.8 Å². The van der Waals surface area contributed by atoms with Crippen LogP contribution in [0.2, 0.25) is 5.02 Å². The van der Waals surface area contributed by atoms with Crippen LogP contribution in [0.5, 0.6) is 0 Å². The molecule has 3 aromatic rings. The number of nitrogens with zero attached hydrogens (tertiary/aromatic N) is 3. The smallest absolute Gasteiger partial charge is 0.266 e. The van der Waals surface area contributed by atoms with Gasteiger partial charge in [-0.2, -0.15) is 0 Å². The lowest BCUT2D eigenvalue weighted by Crippen LogP contribution is -2.31. The van der Waals surface area contributed by atoms with Crippen LogP contribution in [0.1, 0.15) is 12.5 Å². The highest BCUT2D eigenvalue weighted by Gasteiger charge is 2.22. The molecule has 0 aliphatic carbocycles. The van der Waals surface area contributed by atoms with E-state index in [9.17, 15) is 9.59 Å². The standard InChI is InChI=1S/C20H20ClN3O2S/c1-12-15(21)9-7-11-17(12)24-19(26)14-8-5-6-10-16(14)22-20(24)27-13(2)18(25)23(3)4/h5-11,13H,1-4H3/t13-/m0/s1. The van der Waals surface area contributed by atoms with E-state index in [1.54, 1.807) is 42.9 Å². The van der Waals surface area contributed by atoms with Crippen molar-refractivity contribution in [3.8, 4) is 5.69 Å². The van der Waals surface area contributed by atoms with E-state index in [-0.39, 0.29) is 16.7 Å². The molecule has 1 aromatic heterocycles. The summed E-state index contributed by atoms with van der Waals surface area (Å²) in [7, 11) is 3.42. The average molecular weight is 402 g/mol. The lowest BCUT2D eigenvalue weighted by Gasteiger charge is -2.19. The third-order valence-electron chi connectivity index (χ3n) is 4.30. The van der Waals surface area contributed by atoms with Crippen LogP contribution in [0.4, 0.5) is 0 Å². The molecule has 2 aromatic carbocycles. The summed E-state index contributed by atoms with van der Waals surface area (Å²) in [6.45, 7) is 3.67. The van der Waals surface area contributed by atoms with Gasteiger partial charge in [-0.1, -0.05) is 41.6 Å². The lowest BCUT2D eigenvalue weighted by molar-refractivity contribution is -0.127. The second-order valence-corrected chi connectivity index (χ2v) is 8.14. The molecule has 1 atom stereocenters. The van der Waals surface area contributed by atoms with E-state index in [0.717, 1.165) is 5.56 Å². The van der Waals surface area contributed by atoms with Crippen molar-refractivity contribution >= 4 is 40.2 Å². The number of thioether (sulfide) groups is 1. The summed E-state index contributed by atoms with van der Waals surface area (Å²) in [6.07, 6.45) is 0. The van der Waals surface area contributed by atoms with E-state index in [1.165, 1.54) is 16.7 Å². The van der Waals surface area contributed by atoms with Gasteiger partial charge in [-0.25, -0.2) is 4.98 Å². The maximum atomic E-state index is 13.3. The highest BCUT2D eigenvalue weighted by atomic mass is 35.5. The van der Waals surface area contributed by atoms with Crippen molar-refractivity contribution in [2.24, 2.45) is 0 Å². The Kier molecular flexibility index (Phi) is 5.58. The molecule has 5 nitrogen and oxygen atoms in total. The quantitative estimate of drug-likeness (QED) is 0.491. The zero-order valence-corrected chi connectivity index (χ0v) is 17.1. The summed E-state index contributed by atoms with van der Waals surface area (Å²) in [5, 5.41) is 1.17. The normalized spacial score (nSPS) is 12.2. The first-order valence-electron chi connectivity index (χ1n) is 8.46. The van der Waals surface area contributed by atoms with Gasteiger partial charge in [0.15, 0.2) is 5.16 Å². The van der Waals surface area contributed by atoms with Crippen molar-refractivity contribution in [1.82, 2.24) is 14.5 Å². The van der Waals surface area contributed by atoms with Crippen molar-refractivity contribution in [3.63, 3.8) is 0 Å². The van der Waals surface area contributed by atoms with Gasteiger partial charge in [0.1, 0.15) is 0 Å². The molecule has 27 heavy (non-hydrogen) atoms. The predicted octanol–water partition coefficient (Wildman–Crippen LogP) is 3.92. The van der Waals surface area contributed by atoms with Crippen molar-refractivity contribution in [2.75, 3.05) is 14.1 Å². The Bertz CT molecular complexity index is 1080.